The lowest BCUT2D eigenvalue weighted by Crippen LogP contribution is -2.63. The van der Waals surface area contributed by atoms with Crippen LogP contribution in [0.2, 0.25) is 0 Å². The van der Waals surface area contributed by atoms with Gasteiger partial charge in [0.1, 0.15) is 11.4 Å². The smallest absolute Gasteiger partial charge is 0.323 e. The van der Waals surface area contributed by atoms with Gasteiger partial charge in [-0.05, 0) is 17.6 Å². The van der Waals surface area contributed by atoms with E-state index in [2.05, 4.69) is 19.2 Å². The topological polar surface area (TPSA) is 65.4 Å². The predicted molar refractivity (Wildman–Crippen MR) is 73.3 cm³/mol. The van der Waals surface area contributed by atoms with E-state index in [1.54, 1.807) is 12.0 Å². The van der Waals surface area contributed by atoms with Gasteiger partial charge in [0, 0.05) is 19.4 Å². The second-order valence-electron chi connectivity index (χ2n) is 5.50. The van der Waals surface area contributed by atoms with Gasteiger partial charge in [-0.3, -0.25) is 10.7 Å². The summed E-state index contributed by atoms with van der Waals surface area (Å²) >= 11 is 1.82. The molecule has 0 aromatic carbocycles. The van der Waals surface area contributed by atoms with Crippen LogP contribution in [0.5, 0.6) is 0 Å². The molecule has 2 fully saturated rings. The molecule has 2 amide bonds. The molecule has 0 bridgehead atoms. The number of nitrogens with zero attached hydrogens (tertiary/aromatic N) is 1. The monoisotopic (exact) mass is 271 g/mol. The highest BCUT2D eigenvalue weighted by Gasteiger charge is 2.59. The van der Waals surface area contributed by atoms with Crippen LogP contribution in [0, 0.1) is 10.8 Å². The maximum atomic E-state index is 12.1. The average molecular weight is 271 g/mol. The zero-order chi connectivity index (χ0) is 13.4. The molecule has 0 aromatic rings. The van der Waals surface area contributed by atoms with E-state index in [0.29, 0.717) is 19.0 Å². The Morgan fingerprint density at radius 2 is 2.28 bits per heavy atom. The molecule has 0 aromatic heterocycles. The Morgan fingerprint density at radius 1 is 1.56 bits per heavy atom. The molecule has 18 heavy (non-hydrogen) atoms. The third-order valence-corrected chi connectivity index (χ3v) is 5.29. The number of hydrogen-bond donors (Lipinski definition) is 2. The summed E-state index contributed by atoms with van der Waals surface area (Å²) in [7, 11) is 1.63. The second kappa shape index (κ2) is 4.74. The highest BCUT2D eigenvalue weighted by Crippen LogP contribution is 2.48. The molecule has 0 aliphatic carbocycles. The van der Waals surface area contributed by atoms with Gasteiger partial charge < -0.3 is 9.64 Å². The highest BCUT2D eigenvalue weighted by atomic mass is 32.2. The molecule has 2 aliphatic rings. The van der Waals surface area contributed by atoms with Gasteiger partial charge in [0.05, 0.1) is 6.61 Å². The van der Waals surface area contributed by atoms with E-state index in [4.69, 9.17) is 10.1 Å². The molecule has 2 saturated heterocycles. The van der Waals surface area contributed by atoms with Crippen LogP contribution in [0.15, 0.2) is 0 Å². The lowest BCUT2D eigenvalue weighted by molar-refractivity contribution is 0.0679. The Bertz CT molecular complexity index is 372. The zero-order valence-corrected chi connectivity index (χ0v) is 12.0. The number of amidine groups is 1. The normalized spacial score (nSPS) is 30.9. The molecule has 2 heterocycles. The third kappa shape index (κ3) is 1.82. The number of nitrogens with one attached hydrogen (secondary N) is 2. The van der Waals surface area contributed by atoms with Crippen LogP contribution in [-0.4, -0.2) is 54.1 Å². The Morgan fingerprint density at radius 3 is 2.89 bits per heavy atom. The number of carbonyl (C=O) groups is 1. The lowest BCUT2D eigenvalue weighted by Gasteiger charge is -2.50. The van der Waals surface area contributed by atoms with E-state index in [0.717, 1.165) is 17.9 Å². The summed E-state index contributed by atoms with van der Waals surface area (Å²) in [5, 5.41) is 10.9. The molecule has 6 heteroatoms. The standard InChI is InChI=1S/C12H21N3O2S/c1-11(2)4-7-18-8-12(11)9(13)14-10(16)15(12)5-6-17-3/h4-8H2,1-3H3,(H2,13,14,16). The molecule has 1 unspecified atom stereocenters. The van der Waals surface area contributed by atoms with Crippen LogP contribution in [0.3, 0.4) is 0 Å². The van der Waals surface area contributed by atoms with Crippen molar-refractivity contribution in [1.82, 2.24) is 10.2 Å². The van der Waals surface area contributed by atoms with Crippen molar-refractivity contribution < 1.29 is 9.53 Å². The van der Waals surface area contributed by atoms with Gasteiger partial charge >= 0.3 is 6.03 Å². The predicted octanol–water partition coefficient (Wildman–Crippen LogP) is 1.54. The van der Waals surface area contributed by atoms with Gasteiger partial charge in [0.15, 0.2) is 0 Å². The van der Waals surface area contributed by atoms with Gasteiger partial charge in [-0.2, -0.15) is 11.8 Å². The molecule has 2 rings (SSSR count). The number of ether oxygens (including phenoxy) is 1. The van der Waals surface area contributed by atoms with E-state index < -0.39 is 5.54 Å². The van der Waals surface area contributed by atoms with Crippen LogP contribution >= 0.6 is 11.8 Å². The van der Waals surface area contributed by atoms with Crippen molar-refractivity contribution in [3.05, 3.63) is 0 Å². The molecular formula is C12H21N3O2S. The van der Waals surface area contributed by atoms with Crippen LogP contribution in [0.4, 0.5) is 4.79 Å². The van der Waals surface area contributed by atoms with Gasteiger partial charge in [-0.1, -0.05) is 13.8 Å². The van der Waals surface area contributed by atoms with Crippen LogP contribution < -0.4 is 5.32 Å². The van der Waals surface area contributed by atoms with Crippen LogP contribution in [0.25, 0.3) is 0 Å². The summed E-state index contributed by atoms with van der Waals surface area (Å²) in [6, 6.07) is -0.160. The molecule has 0 saturated carbocycles. The molecule has 1 spiro atoms. The molecule has 5 nitrogen and oxygen atoms in total. The lowest BCUT2D eigenvalue weighted by atomic mass is 9.69. The first-order valence-corrected chi connectivity index (χ1v) is 7.35. The van der Waals surface area contributed by atoms with E-state index in [-0.39, 0.29) is 11.4 Å². The minimum absolute atomic E-state index is 0.0811. The minimum atomic E-state index is -0.495. The highest BCUT2D eigenvalue weighted by molar-refractivity contribution is 7.99. The van der Waals surface area contributed by atoms with E-state index in [9.17, 15) is 4.79 Å². The van der Waals surface area contributed by atoms with Gasteiger partial charge in [0.25, 0.3) is 0 Å². The van der Waals surface area contributed by atoms with Crippen molar-refractivity contribution in [1.29, 1.82) is 5.41 Å². The van der Waals surface area contributed by atoms with Gasteiger partial charge in [-0.25, -0.2) is 4.79 Å². The molecule has 2 N–H and O–H groups in total. The summed E-state index contributed by atoms with van der Waals surface area (Å²) in [5.74, 6) is 2.23. The summed E-state index contributed by atoms with van der Waals surface area (Å²) in [6.45, 7) is 5.35. The van der Waals surface area contributed by atoms with E-state index in [1.165, 1.54) is 0 Å². The van der Waals surface area contributed by atoms with Crippen molar-refractivity contribution >= 4 is 23.6 Å². The first-order chi connectivity index (χ1) is 8.45. The fourth-order valence-electron chi connectivity index (χ4n) is 2.86. The van der Waals surface area contributed by atoms with Gasteiger partial charge in [-0.15, -0.1) is 0 Å². The largest absolute Gasteiger partial charge is 0.383 e. The number of thioether (sulfide) groups is 1. The van der Waals surface area contributed by atoms with Crippen molar-refractivity contribution in [2.24, 2.45) is 5.41 Å². The Balaban J connectivity index is 2.36. The van der Waals surface area contributed by atoms with Crippen molar-refractivity contribution in [3.8, 4) is 0 Å². The van der Waals surface area contributed by atoms with E-state index >= 15 is 0 Å². The van der Waals surface area contributed by atoms with Crippen molar-refractivity contribution in [3.63, 3.8) is 0 Å². The summed E-state index contributed by atoms with van der Waals surface area (Å²) in [4.78, 5) is 13.9. The maximum absolute atomic E-state index is 12.1. The number of rotatable bonds is 3. The summed E-state index contributed by atoms with van der Waals surface area (Å²) in [6.07, 6.45) is 1.01. The SMILES string of the molecule is COCCN1C(=O)NC(=N)C12CSCCC2(C)C. The van der Waals surface area contributed by atoms with Gasteiger partial charge in [0.2, 0.25) is 0 Å². The molecule has 0 radical (unpaired) electrons. The first kappa shape index (κ1) is 13.7. The zero-order valence-electron chi connectivity index (χ0n) is 11.2. The summed E-state index contributed by atoms with van der Waals surface area (Å²) < 4.78 is 5.09. The minimum Gasteiger partial charge on any atom is -0.383 e. The Labute approximate surface area is 112 Å². The number of hydrogen-bond acceptors (Lipinski definition) is 4. The Kier molecular flexibility index (Phi) is 3.60. The fraction of sp³-hybridized carbons (Fsp3) is 0.833. The summed E-state index contributed by atoms with van der Waals surface area (Å²) in [5.41, 5.74) is -0.576. The van der Waals surface area contributed by atoms with Crippen LogP contribution in [0.1, 0.15) is 20.3 Å². The first-order valence-electron chi connectivity index (χ1n) is 6.20. The molecular weight excluding hydrogens is 250 g/mol. The van der Waals surface area contributed by atoms with E-state index in [1.807, 2.05) is 11.8 Å². The maximum Gasteiger partial charge on any atom is 0.323 e. The number of carbonyl (C=O) groups excluding carboxylic acids is 1. The third-order valence-electron chi connectivity index (χ3n) is 4.17. The Hall–Kier alpha value is -0.750. The van der Waals surface area contributed by atoms with Crippen molar-refractivity contribution in [2.75, 3.05) is 31.8 Å². The second-order valence-corrected chi connectivity index (χ2v) is 6.60. The van der Waals surface area contributed by atoms with Crippen LogP contribution in [-0.2, 0) is 4.74 Å². The molecule has 102 valence electrons. The fourth-order valence-corrected chi connectivity index (χ4v) is 4.65. The number of amides is 2. The quantitative estimate of drug-likeness (QED) is 0.818. The average Bonchev–Trinajstić information content (AvgIpc) is 2.53. The number of urea groups is 1. The van der Waals surface area contributed by atoms with Crippen molar-refractivity contribution in [2.45, 2.75) is 25.8 Å². The number of methoxy groups -OCH3 is 1. The molecule has 1 atom stereocenters. The molecule has 2 aliphatic heterocycles.